The summed E-state index contributed by atoms with van der Waals surface area (Å²) in [6.45, 7) is 2.00. The fourth-order valence-corrected chi connectivity index (χ4v) is 1.81. The van der Waals surface area contributed by atoms with Gasteiger partial charge in [-0.15, -0.1) is 0 Å². The molecule has 2 aromatic rings. The van der Waals surface area contributed by atoms with Gasteiger partial charge in [0.2, 0.25) is 0 Å². The van der Waals surface area contributed by atoms with E-state index in [-0.39, 0.29) is 0 Å². The Hall–Kier alpha value is -1.90. The molecule has 0 aliphatic rings. The molecule has 0 unspecified atom stereocenters. The van der Waals surface area contributed by atoms with E-state index in [1.54, 1.807) is 7.11 Å². The molecule has 15 heavy (non-hydrogen) atoms. The van der Waals surface area contributed by atoms with Crippen LogP contribution in [0.15, 0.2) is 24.3 Å². The van der Waals surface area contributed by atoms with Crippen molar-refractivity contribution in [2.45, 2.75) is 6.92 Å². The standard InChI is InChI=1S/C12H14N2O/c1-7-5-9(15-2)6-8-3-4-10(13)12(14)11(7)8/h3-6H,13-14H2,1-2H3. The van der Waals surface area contributed by atoms with Gasteiger partial charge in [0.15, 0.2) is 0 Å². The fraction of sp³-hybridized carbons (Fsp3) is 0.167. The van der Waals surface area contributed by atoms with Gasteiger partial charge in [0, 0.05) is 5.39 Å². The van der Waals surface area contributed by atoms with E-state index in [4.69, 9.17) is 16.2 Å². The highest BCUT2D eigenvalue weighted by Gasteiger charge is 2.06. The van der Waals surface area contributed by atoms with Crippen LogP contribution in [0.1, 0.15) is 5.56 Å². The normalized spacial score (nSPS) is 10.5. The molecule has 0 fully saturated rings. The highest BCUT2D eigenvalue weighted by atomic mass is 16.5. The quantitative estimate of drug-likeness (QED) is 0.697. The minimum Gasteiger partial charge on any atom is -0.497 e. The van der Waals surface area contributed by atoms with Crippen LogP contribution < -0.4 is 16.2 Å². The number of ether oxygens (including phenoxy) is 1. The average molecular weight is 202 g/mol. The Morgan fingerprint density at radius 2 is 1.87 bits per heavy atom. The number of methoxy groups -OCH3 is 1. The molecular formula is C12H14N2O. The molecule has 2 aromatic carbocycles. The molecule has 3 heteroatoms. The van der Waals surface area contributed by atoms with Gasteiger partial charge in [0.05, 0.1) is 18.5 Å². The Labute approximate surface area is 88.6 Å². The van der Waals surface area contributed by atoms with Crippen molar-refractivity contribution in [1.82, 2.24) is 0 Å². The monoisotopic (exact) mass is 202 g/mol. The maximum Gasteiger partial charge on any atom is 0.119 e. The summed E-state index contributed by atoms with van der Waals surface area (Å²) in [7, 11) is 1.65. The number of hydrogen-bond donors (Lipinski definition) is 2. The smallest absolute Gasteiger partial charge is 0.119 e. The predicted octanol–water partition coefficient (Wildman–Crippen LogP) is 2.32. The second kappa shape index (κ2) is 3.35. The van der Waals surface area contributed by atoms with Gasteiger partial charge < -0.3 is 16.2 Å². The van der Waals surface area contributed by atoms with Gasteiger partial charge in [-0.2, -0.15) is 0 Å². The van der Waals surface area contributed by atoms with E-state index in [9.17, 15) is 0 Å². The van der Waals surface area contributed by atoms with E-state index in [1.165, 1.54) is 0 Å². The van der Waals surface area contributed by atoms with Gasteiger partial charge in [-0.3, -0.25) is 0 Å². The molecule has 0 atom stereocenters. The third-order valence-electron chi connectivity index (χ3n) is 2.60. The number of benzene rings is 2. The molecule has 0 aliphatic carbocycles. The maximum absolute atomic E-state index is 5.94. The van der Waals surface area contributed by atoms with E-state index in [2.05, 4.69) is 0 Å². The fourth-order valence-electron chi connectivity index (χ4n) is 1.81. The van der Waals surface area contributed by atoms with Gasteiger partial charge in [0.25, 0.3) is 0 Å². The molecule has 3 nitrogen and oxygen atoms in total. The largest absolute Gasteiger partial charge is 0.497 e. The first-order chi connectivity index (χ1) is 7.13. The molecule has 0 radical (unpaired) electrons. The molecule has 0 aliphatic heterocycles. The topological polar surface area (TPSA) is 61.3 Å². The molecule has 2 rings (SSSR count). The van der Waals surface area contributed by atoms with E-state index in [1.807, 2.05) is 31.2 Å². The minimum absolute atomic E-state index is 0.621. The number of rotatable bonds is 1. The van der Waals surface area contributed by atoms with Crippen LogP contribution in [0, 0.1) is 6.92 Å². The van der Waals surface area contributed by atoms with Crippen molar-refractivity contribution in [2.75, 3.05) is 18.6 Å². The van der Waals surface area contributed by atoms with E-state index < -0.39 is 0 Å². The number of hydrogen-bond acceptors (Lipinski definition) is 3. The zero-order valence-electron chi connectivity index (χ0n) is 8.87. The molecule has 0 saturated heterocycles. The number of aryl methyl sites for hydroxylation is 1. The summed E-state index contributed by atoms with van der Waals surface area (Å²) in [4.78, 5) is 0. The first-order valence-corrected chi connectivity index (χ1v) is 4.76. The molecule has 78 valence electrons. The Balaban J connectivity index is 2.85. The highest BCUT2D eigenvalue weighted by Crippen LogP contribution is 2.32. The summed E-state index contributed by atoms with van der Waals surface area (Å²) in [6.07, 6.45) is 0. The summed E-state index contributed by atoms with van der Waals surface area (Å²) in [5, 5.41) is 2.06. The third-order valence-corrected chi connectivity index (χ3v) is 2.60. The summed E-state index contributed by atoms with van der Waals surface area (Å²) < 4.78 is 5.20. The van der Waals surface area contributed by atoms with E-state index in [0.717, 1.165) is 22.1 Å². The lowest BCUT2D eigenvalue weighted by molar-refractivity contribution is 0.415. The van der Waals surface area contributed by atoms with Crippen molar-refractivity contribution in [3.8, 4) is 5.75 Å². The van der Waals surface area contributed by atoms with Crippen LogP contribution in [0.5, 0.6) is 5.75 Å². The summed E-state index contributed by atoms with van der Waals surface area (Å²) in [5.41, 5.74) is 14.1. The van der Waals surface area contributed by atoms with Crippen molar-refractivity contribution in [3.63, 3.8) is 0 Å². The van der Waals surface area contributed by atoms with Crippen LogP contribution in [-0.4, -0.2) is 7.11 Å². The summed E-state index contributed by atoms with van der Waals surface area (Å²) in [5.74, 6) is 0.837. The SMILES string of the molecule is COc1cc(C)c2c(N)c(N)ccc2c1. The van der Waals surface area contributed by atoms with Crippen molar-refractivity contribution < 1.29 is 4.74 Å². The molecule has 0 heterocycles. The Morgan fingerprint density at radius 1 is 1.13 bits per heavy atom. The van der Waals surface area contributed by atoms with Gasteiger partial charge in [-0.05, 0) is 36.1 Å². The van der Waals surface area contributed by atoms with Crippen LogP contribution in [-0.2, 0) is 0 Å². The van der Waals surface area contributed by atoms with Crippen LogP contribution >= 0.6 is 0 Å². The van der Waals surface area contributed by atoms with Gasteiger partial charge in [-0.1, -0.05) is 6.07 Å². The van der Waals surface area contributed by atoms with Crippen molar-refractivity contribution in [1.29, 1.82) is 0 Å². The first kappa shape index (κ1) is 9.65. The molecule has 4 N–H and O–H groups in total. The molecule has 0 aromatic heterocycles. The Kier molecular flexibility index (Phi) is 2.15. The number of anilines is 2. The minimum atomic E-state index is 0.621. The Morgan fingerprint density at radius 3 is 2.53 bits per heavy atom. The van der Waals surface area contributed by atoms with Crippen LogP contribution in [0.25, 0.3) is 10.8 Å². The highest BCUT2D eigenvalue weighted by molar-refractivity contribution is 6.01. The lowest BCUT2D eigenvalue weighted by Gasteiger charge is -2.10. The van der Waals surface area contributed by atoms with Crippen LogP contribution in [0.4, 0.5) is 11.4 Å². The third kappa shape index (κ3) is 1.46. The zero-order chi connectivity index (χ0) is 11.0. The van der Waals surface area contributed by atoms with E-state index in [0.29, 0.717) is 11.4 Å². The number of nitrogens with two attached hydrogens (primary N) is 2. The van der Waals surface area contributed by atoms with Crippen LogP contribution in [0.3, 0.4) is 0 Å². The lowest BCUT2D eigenvalue weighted by Crippen LogP contribution is -1.97. The lowest BCUT2D eigenvalue weighted by atomic mass is 10.0. The van der Waals surface area contributed by atoms with Crippen LogP contribution in [0.2, 0.25) is 0 Å². The molecule has 0 amide bonds. The molecular weight excluding hydrogens is 188 g/mol. The summed E-state index contributed by atoms with van der Waals surface area (Å²) in [6, 6.07) is 7.68. The van der Waals surface area contributed by atoms with Crippen molar-refractivity contribution in [3.05, 3.63) is 29.8 Å². The second-order valence-corrected chi connectivity index (χ2v) is 3.61. The first-order valence-electron chi connectivity index (χ1n) is 4.76. The molecule has 0 spiro atoms. The molecule has 0 saturated carbocycles. The average Bonchev–Trinajstić information content (AvgIpc) is 2.23. The maximum atomic E-state index is 5.94. The van der Waals surface area contributed by atoms with Gasteiger partial charge in [0.1, 0.15) is 5.75 Å². The van der Waals surface area contributed by atoms with Gasteiger partial charge in [-0.25, -0.2) is 0 Å². The summed E-state index contributed by atoms with van der Waals surface area (Å²) >= 11 is 0. The molecule has 0 bridgehead atoms. The van der Waals surface area contributed by atoms with Gasteiger partial charge >= 0.3 is 0 Å². The predicted molar refractivity (Wildman–Crippen MR) is 64.1 cm³/mol. The second-order valence-electron chi connectivity index (χ2n) is 3.61. The number of nitrogen functional groups attached to an aromatic ring is 2. The Bertz CT molecular complexity index is 521. The van der Waals surface area contributed by atoms with Crippen molar-refractivity contribution >= 4 is 22.1 Å². The van der Waals surface area contributed by atoms with E-state index >= 15 is 0 Å². The zero-order valence-corrected chi connectivity index (χ0v) is 8.87. The van der Waals surface area contributed by atoms with Crippen molar-refractivity contribution in [2.24, 2.45) is 0 Å². The number of fused-ring (bicyclic) bond motifs is 1.